The number of allylic oxidation sites excluding steroid dienone is 6. The van der Waals surface area contributed by atoms with Crippen LogP contribution < -0.4 is 0 Å². The molecule has 0 aliphatic heterocycles. The standard InChI is InChI=1S/C38H67NO7/c1-6-8-10-12-14-16-17-18-19-21-23-25-27-29-37(41)46-34(32-44-31-30-35(38(42)43)39(3,4)5)33-45-36(40)28-26-24-22-20-15-13-11-9-7-2/h8,10,14,16,18-19,34-35H,6-7,9,11-13,15,17,20-33H2,1-5H3/p+1/b10-8-,16-14-,19-18-. The third-order valence-corrected chi connectivity index (χ3v) is 7.80. The van der Waals surface area contributed by atoms with Crippen LogP contribution in [0.2, 0.25) is 0 Å². The number of unbranched alkanes of at least 4 members (excludes halogenated alkanes) is 11. The number of rotatable bonds is 31. The molecule has 2 atom stereocenters. The minimum absolute atomic E-state index is 0.0503. The lowest BCUT2D eigenvalue weighted by molar-refractivity contribution is -0.887. The molecule has 2 unspecified atom stereocenters. The number of aliphatic carboxylic acids is 1. The van der Waals surface area contributed by atoms with Gasteiger partial charge in [-0.15, -0.1) is 0 Å². The Morgan fingerprint density at radius 1 is 0.674 bits per heavy atom. The lowest BCUT2D eigenvalue weighted by Gasteiger charge is -2.31. The lowest BCUT2D eigenvalue weighted by atomic mass is 10.1. The summed E-state index contributed by atoms with van der Waals surface area (Å²) in [5, 5.41) is 9.56. The second-order valence-electron chi connectivity index (χ2n) is 13.1. The van der Waals surface area contributed by atoms with Crippen LogP contribution in [0.5, 0.6) is 0 Å². The highest BCUT2D eigenvalue weighted by molar-refractivity contribution is 5.72. The van der Waals surface area contributed by atoms with Crippen molar-refractivity contribution in [2.75, 3.05) is 41.0 Å². The number of quaternary nitrogens is 1. The van der Waals surface area contributed by atoms with Gasteiger partial charge < -0.3 is 23.8 Å². The molecule has 266 valence electrons. The molecule has 8 heteroatoms. The van der Waals surface area contributed by atoms with Crippen LogP contribution in [0.4, 0.5) is 0 Å². The van der Waals surface area contributed by atoms with Gasteiger partial charge in [-0.3, -0.25) is 9.59 Å². The maximum absolute atomic E-state index is 12.6. The quantitative estimate of drug-likeness (QED) is 0.0347. The maximum Gasteiger partial charge on any atom is 0.362 e. The summed E-state index contributed by atoms with van der Waals surface area (Å²) >= 11 is 0. The first-order valence-corrected chi connectivity index (χ1v) is 18.0. The third kappa shape index (κ3) is 27.8. The molecule has 1 N–H and O–H groups in total. The van der Waals surface area contributed by atoms with Crippen molar-refractivity contribution in [3.05, 3.63) is 36.5 Å². The first-order valence-electron chi connectivity index (χ1n) is 18.0. The largest absolute Gasteiger partial charge is 0.477 e. The van der Waals surface area contributed by atoms with Crippen LogP contribution >= 0.6 is 0 Å². The van der Waals surface area contributed by atoms with Crippen molar-refractivity contribution < 1.29 is 38.2 Å². The minimum Gasteiger partial charge on any atom is -0.477 e. The Morgan fingerprint density at radius 3 is 1.80 bits per heavy atom. The SMILES string of the molecule is CC/C=C\C/C=C\C/C=C\CCCCCC(=O)OC(COCCC(C(=O)O)[N+](C)(C)C)COC(=O)CCCCCCCCCCC. The van der Waals surface area contributed by atoms with Gasteiger partial charge in [-0.25, -0.2) is 4.79 Å². The van der Waals surface area contributed by atoms with Gasteiger partial charge >= 0.3 is 17.9 Å². The van der Waals surface area contributed by atoms with Crippen molar-refractivity contribution >= 4 is 17.9 Å². The Morgan fingerprint density at radius 2 is 1.22 bits per heavy atom. The molecule has 0 saturated heterocycles. The predicted octanol–water partition coefficient (Wildman–Crippen LogP) is 8.74. The number of carbonyl (C=O) groups excluding carboxylic acids is 2. The van der Waals surface area contributed by atoms with Gasteiger partial charge in [0.15, 0.2) is 12.1 Å². The van der Waals surface area contributed by atoms with Crippen molar-refractivity contribution in [3.8, 4) is 0 Å². The molecule has 0 saturated carbocycles. The highest BCUT2D eigenvalue weighted by atomic mass is 16.6. The van der Waals surface area contributed by atoms with Crippen molar-refractivity contribution in [2.24, 2.45) is 0 Å². The number of carboxylic acid groups (broad SMARTS) is 1. The molecule has 0 rings (SSSR count). The average molecular weight is 651 g/mol. The summed E-state index contributed by atoms with van der Waals surface area (Å²) in [7, 11) is 5.50. The topological polar surface area (TPSA) is 99.1 Å². The fourth-order valence-electron chi connectivity index (χ4n) is 4.99. The average Bonchev–Trinajstić information content (AvgIpc) is 3.00. The molecular weight excluding hydrogens is 582 g/mol. The molecule has 0 spiro atoms. The fraction of sp³-hybridized carbons (Fsp3) is 0.763. The summed E-state index contributed by atoms with van der Waals surface area (Å²) in [6.45, 7) is 4.54. The monoisotopic (exact) mass is 650 g/mol. The van der Waals surface area contributed by atoms with Gasteiger partial charge in [0.2, 0.25) is 0 Å². The van der Waals surface area contributed by atoms with Crippen LogP contribution in [0.3, 0.4) is 0 Å². The normalized spacial score (nSPS) is 13.5. The van der Waals surface area contributed by atoms with Crippen molar-refractivity contribution in [2.45, 2.75) is 148 Å². The third-order valence-electron chi connectivity index (χ3n) is 7.80. The molecule has 0 aromatic rings. The molecule has 0 aromatic heterocycles. The van der Waals surface area contributed by atoms with E-state index in [1.807, 2.05) is 21.1 Å². The van der Waals surface area contributed by atoms with Crippen LogP contribution in [0, 0.1) is 0 Å². The lowest BCUT2D eigenvalue weighted by Crippen LogP contribution is -2.50. The molecule has 0 amide bonds. The Balaban J connectivity index is 4.51. The van der Waals surface area contributed by atoms with Gasteiger partial charge in [-0.1, -0.05) is 108 Å². The molecular formula is C38H68NO7+. The van der Waals surface area contributed by atoms with E-state index < -0.39 is 18.1 Å². The summed E-state index contributed by atoms with van der Waals surface area (Å²) in [5.41, 5.74) is 0. The van der Waals surface area contributed by atoms with E-state index in [1.54, 1.807) is 0 Å². The Hall–Kier alpha value is -2.45. The summed E-state index contributed by atoms with van der Waals surface area (Å²) in [4.78, 5) is 36.6. The van der Waals surface area contributed by atoms with Gasteiger partial charge in [0.25, 0.3) is 0 Å². The first-order chi connectivity index (χ1) is 22.1. The number of esters is 2. The number of likely N-dealkylation sites (N-methyl/N-ethyl adjacent to an activating group) is 1. The van der Waals surface area contributed by atoms with E-state index in [2.05, 4.69) is 50.3 Å². The summed E-state index contributed by atoms with van der Waals surface area (Å²) in [5.74, 6) is -1.51. The summed E-state index contributed by atoms with van der Waals surface area (Å²) in [6.07, 6.45) is 30.5. The predicted molar refractivity (Wildman–Crippen MR) is 188 cm³/mol. The number of hydrogen-bond donors (Lipinski definition) is 1. The number of nitrogens with zero attached hydrogens (tertiary/aromatic N) is 1. The molecule has 0 aromatic carbocycles. The Bertz CT molecular complexity index is 860. The maximum atomic E-state index is 12.6. The molecule has 8 nitrogen and oxygen atoms in total. The smallest absolute Gasteiger partial charge is 0.362 e. The van der Waals surface area contributed by atoms with E-state index in [4.69, 9.17) is 14.2 Å². The van der Waals surface area contributed by atoms with Crippen LogP contribution in [-0.2, 0) is 28.6 Å². The molecule has 0 heterocycles. The number of ether oxygens (including phenoxy) is 3. The zero-order chi connectivity index (χ0) is 34.3. The van der Waals surface area contributed by atoms with Gasteiger partial charge in [0, 0.05) is 19.3 Å². The Labute approximate surface area is 281 Å². The number of carboxylic acids is 1. The van der Waals surface area contributed by atoms with Crippen molar-refractivity contribution in [1.82, 2.24) is 0 Å². The van der Waals surface area contributed by atoms with Crippen molar-refractivity contribution in [3.63, 3.8) is 0 Å². The second kappa shape index (κ2) is 29.9. The van der Waals surface area contributed by atoms with E-state index in [0.717, 1.165) is 64.2 Å². The fourth-order valence-corrected chi connectivity index (χ4v) is 4.99. The summed E-state index contributed by atoms with van der Waals surface area (Å²) in [6, 6.07) is -0.616. The van der Waals surface area contributed by atoms with E-state index in [1.165, 1.54) is 38.5 Å². The first kappa shape index (κ1) is 43.5. The van der Waals surface area contributed by atoms with E-state index in [9.17, 15) is 19.5 Å². The molecule has 0 aliphatic rings. The Kier molecular flexibility index (Phi) is 28.3. The van der Waals surface area contributed by atoms with Gasteiger partial charge in [-0.2, -0.15) is 0 Å². The zero-order valence-electron chi connectivity index (χ0n) is 30.0. The molecule has 0 bridgehead atoms. The van der Waals surface area contributed by atoms with Crippen LogP contribution in [0.25, 0.3) is 0 Å². The molecule has 0 aliphatic carbocycles. The van der Waals surface area contributed by atoms with Gasteiger partial charge in [0.05, 0.1) is 34.4 Å². The zero-order valence-corrected chi connectivity index (χ0v) is 30.0. The van der Waals surface area contributed by atoms with Crippen LogP contribution in [-0.4, -0.2) is 80.6 Å². The summed E-state index contributed by atoms with van der Waals surface area (Å²) < 4.78 is 17.1. The second-order valence-corrected chi connectivity index (χ2v) is 13.1. The van der Waals surface area contributed by atoms with E-state index in [-0.39, 0.29) is 36.2 Å². The van der Waals surface area contributed by atoms with E-state index >= 15 is 0 Å². The van der Waals surface area contributed by atoms with Crippen LogP contribution in [0.15, 0.2) is 36.5 Å². The molecule has 46 heavy (non-hydrogen) atoms. The van der Waals surface area contributed by atoms with Crippen LogP contribution in [0.1, 0.15) is 136 Å². The minimum atomic E-state index is -0.882. The number of carbonyl (C=O) groups is 3. The molecule has 0 fully saturated rings. The highest BCUT2D eigenvalue weighted by Gasteiger charge is 2.31. The number of hydrogen-bond acceptors (Lipinski definition) is 6. The molecule has 0 radical (unpaired) electrons. The van der Waals surface area contributed by atoms with Gasteiger partial charge in [-0.05, 0) is 44.9 Å². The van der Waals surface area contributed by atoms with E-state index in [0.29, 0.717) is 19.3 Å². The van der Waals surface area contributed by atoms with Crippen molar-refractivity contribution in [1.29, 1.82) is 0 Å². The highest BCUT2D eigenvalue weighted by Crippen LogP contribution is 2.13. The van der Waals surface area contributed by atoms with Gasteiger partial charge in [0.1, 0.15) is 6.61 Å².